The van der Waals surface area contributed by atoms with E-state index in [-0.39, 0.29) is 0 Å². The Labute approximate surface area is 109 Å². The highest BCUT2D eigenvalue weighted by Gasteiger charge is 2.18. The molecule has 0 amide bonds. The number of piperidine rings is 1. The first-order valence-corrected chi connectivity index (χ1v) is 6.82. The van der Waals surface area contributed by atoms with Crippen molar-refractivity contribution in [3.63, 3.8) is 0 Å². The van der Waals surface area contributed by atoms with Gasteiger partial charge in [-0.25, -0.2) is 0 Å². The van der Waals surface area contributed by atoms with Gasteiger partial charge in [0.25, 0.3) is 0 Å². The van der Waals surface area contributed by atoms with Gasteiger partial charge in [0, 0.05) is 23.8 Å². The van der Waals surface area contributed by atoms with Gasteiger partial charge in [0.1, 0.15) is 0 Å². The molecular weight excluding hydrogens is 232 g/mol. The molecule has 0 spiro atoms. The van der Waals surface area contributed by atoms with Gasteiger partial charge < -0.3 is 10.2 Å². The van der Waals surface area contributed by atoms with Crippen LogP contribution in [0, 0.1) is 5.92 Å². The molecule has 0 radical (unpaired) electrons. The third-order valence-electron chi connectivity index (χ3n) is 3.59. The molecule has 0 atom stereocenters. The summed E-state index contributed by atoms with van der Waals surface area (Å²) in [6.45, 7) is 3.46. The molecule has 17 heavy (non-hydrogen) atoms. The van der Waals surface area contributed by atoms with Gasteiger partial charge in [0.05, 0.1) is 0 Å². The van der Waals surface area contributed by atoms with Crippen LogP contribution >= 0.6 is 11.6 Å². The predicted molar refractivity (Wildman–Crippen MR) is 74.9 cm³/mol. The fraction of sp³-hybridized carbons (Fsp3) is 0.571. The lowest BCUT2D eigenvalue weighted by atomic mass is 9.93. The van der Waals surface area contributed by atoms with Crippen LogP contribution in [0.4, 0.5) is 5.69 Å². The number of hydrogen-bond acceptors (Lipinski definition) is 2. The molecule has 1 aromatic carbocycles. The summed E-state index contributed by atoms with van der Waals surface area (Å²) in [5.41, 5.74) is 1.27. The zero-order valence-electron chi connectivity index (χ0n) is 10.5. The van der Waals surface area contributed by atoms with Crippen molar-refractivity contribution in [1.29, 1.82) is 0 Å². The summed E-state index contributed by atoms with van der Waals surface area (Å²) in [6, 6.07) is 8.19. The van der Waals surface area contributed by atoms with E-state index in [1.54, 1.807) is 0 Å². The minimum absolute atomic E-state index is 0.833. The third kappa shape index (κ3) is 3.62. The summed E-state index contributed by atoms with van der Waals surface area (Å²) in [5.74, 6) is 0.887. The van der Waals surface area contributed by atoms with Crippen molar-refractivity contribution >= 4 is 17.3 Å². The van der Waals surface area contributed by atoms with Crippen molar-refractivity contribution in [2.24, 2.45) is 5.92 Å². The molecule has 1 aromatic rings. The highest BCUT2D eigenvalue weighted by Crippen LogP contribution is 2.26. The maximum atomic E-state index is 6.03. The molecule has 0 saturated carbocycles. The minimum atomic E-state index is 0.833. The number of halogens is 1. The highest BCUT2D eigenvalue weighted by atomic mass is 35.5. The summed E-state index contributed by atoms with van der Waals surface area (Å²) < 4.78 is 0. The number of hydrogen-bond donors (Lipinski definition) is 1. The van der Waals surface area contributed by atoms with Gasteiger partial charge in [-0.05, 0) is 57.0 Å². The smallest absolute Gasteiger partial charge is 0.0426 e. The first kappa shape index (κ1) is 12.7. The quantitative estimate of drug-likeness (QED) is 0.886. The van der Waals surface area contributed by atoms with E-state index in [2.05, 4.69) is 22.3 Å². The molecular formula is C14H21ClN2. The Bertz CT molecular complexity index is 346. The van der Waals surface area contributed by atoms with E-state index >= 15 is 0 Å². The van der Waals surface area contributed by atoms with E-state index in [1.165, 1.54) is 24.9 Å². The first-order chi connectivity index (χ1) is 8.29. The Balaban J connectivity index is 1.86. The summed E-state index contributed by atoms with van der Waals surface area (Å²) in [6.07, 6.45) is 3.91. The number of anilines is 1. The molecule has 0 bridgehead atoms. The topological polar surface area (TPSA) is 15.3 Å². The summed E-state index contributed by atoms with van der Waals surface area (Å²) >= 11 is 6.03. The molecule has 1 saturated heterocycles. The van der Waals surface area contributed by atoms with Crippen molar-refractivity contribution < 1.29 is 0 Å². The lowest BCUT2D eigenvalue weighted by Crippen LogP contribution is -2.34. The average Bonchev–Trinajstić information content (AvgIpc) is 2.37. The maximum absolute atomic E-state index is 6.03. The number of nitrogens with zero attached hydrogens (tertiary/aromatic N) is 1. The Morgan fingerprint density at radius 3 is 2.76 bits per heavy atom. The number of nitrogens with one attached hydrogen (secondary N) is 1. The zero-order valence-corrected chi connectivity index (χ0v) is 11.2. The van der Waals surface area contributed by atoms with Crippen molar-refractivity contribution in [3.05, 3.63) is 29.3 Å². The van der Waals surface area contributed by atoms with Crippen LogP contribution in [0.1, 0.15) is 19.3 Å². The third-order valence-corrected chi connectivity index (χ3v) is 3.83. The van der Waals surface area contributed by atoms with Crippen LogP contribution in [0.2, 0.25) is 5.02 Å². The van der Waals surface area contributed by atoms with Crippen LogP contribution in [-0.2, 0) is 0 Å². The molecule has 0 aromatic heterocycles. The Morgan fingerprint density at radius 2 is 2.12 bits per heavy atom. The van der Waals surface area contributed by atoms with Gasteiger partial charge in [-0.15, -0.1) is 0 Å². The molecule has 3 heteroatoms. The van der Waals surface area contributed by atoms with Gasteiger partial charge in [-0.2, -0.15) is 0 Å². The van der Waals surface area contributed by atoms with E-state index in [0.717, 1.165) is 30.6 Å². The van der Waals surface area contributed by atoms with Crippen molar-refractivity contribution in [2.75, 3.05) is 31.6 Å². The molecule has 0 aliphatic carbocycles. The van der Waals surface area contributed by atoms with E-state index in [9.17, 15) is 0 Å². The van der Waals surface area contributed by atoms with Crippen LogP contribution < -0.4 is 10.2 Å². The minimum Gasteiger partial charge on any atom is -0.371 e. The largest absolute Gasteiger partial charge is 0.371 e. The number of benzene rings is 1. The monoisotopic (exact) mass is 252 g/mol. The normalized spacial score (nSPS) is 17.4. The molecule has 1 N–H and O–H groups in total. The van der Waals surface area contributed by atoms with Gasteiger partial charge in [-0.3, -0.25) is 0 Å². The van der Waals surface area contributed by atoms with E-state index in [0.29, 0.717) is 0 Å². The second kappa shape index (κ2) is 6.27. The first-order valence-electron chi connectivity index (χ1n) is 6.44. The Morgan fingerprint density at radius 1 is 1.35 bits per heavy atom. The van der Waals surface area contributed by atoms with Crippen LogP contribution in [0.5, 0.6) is 0 Å². The zero-order chi connectivity index (χ0) is 12.1. The predicted octanol–water partition coefficient (Wildman–Crippen LogP) is 3.17. The molecule has 1 aliphatic rings. The second-order valence-corrected chi connectivity index (χ2v) is 5.24. The molecule has 94 valence electrons. The van der Waals surface area contributed by atoms with Crippen LogP contribution in [0.15, 0.2) is 24.3 Å². The molecule has 2 rings (SSSR count). The highest BCUT2D eigenvalue weighted by molar-refractivity contribution is 6.30. The lowest BCUT2D eigenvalue weighted by molar-refractivity contribution is 0.378. The fourth-order valence-corrected chi connectivity index (χ4v) is 2.69. The van der Waals surface area contributed by atoms with Crippen molar-refractivity contribution in [1.82, 2.24) is 5.32 Å². The number of rotatable bonds is 4. The second-order valence-electron chi connectivity index (χ2n) is 4.80. The Hall–Kier alpha value is -0.730. The summed E-state index contributed by atoms with van der Waals surface area (Å²) in [7, 11) is 2.03. The van der Waals surface area contributed by atoms with Crippen LogP contribution in [0.3, 0.4) is 0 Å². The Kier molecular flexibility index (Phi) is 4.69. The molecule has 1 aliphatic heterocycles. The molecule has 2 nitrogen and oxygen atoms in total. The van der Waals surface area contributed by atoms with Crippen LogP contribution in [0.25, 0.3) is 0 Å². The average molecular weight is 253 g/mol. The molecule has 0 unspecified atom stereocenters. The summed E-state index contributed by atoms with van der Waals surface area (Å²) in [5, 5.41) is 4.07. The van der Waals surface area contributed by atoms with E-state index < -0.39 is 0 Å². The van der Waals surface area contributed by atoms with Gasteiger partial charge in [0.15, 0.2) is 0 Å². The van der Waals surface area contributed by atoms with E-state index in [4.69, 9.17) is 11.6 Å². The lowest BCUT2D eigenvalue weighted by Gasteiger charge is -2.33. The molecule has 1 fully saturated rings. The summed E-state index contributed by atoms with van der Waals surface area (Å²) in [4.78, 5) is 2.45. The fourth-order valence-electron chi connectivity index (χ4n) is 2.50. The van der Waals surface area contributed by atoms with Crippen molar-refractivity contribution in [3.8, 4) is 0 Å². The van der Waals surface area contributed by atoms with Crippen LogP contribution in [-0.4, -0.2) is 26.7 Å². The van der Waals surface area contributed by atoms with Gasteiger partial charge in [-0.1, -0.05) is 17.7 Å². The van der Waals surface area contributed by atoms with Gasteiger partial charge in [0.2, 0.25) is 0 Å². The molecule has 1 heterocycles. The van der Waals surface area contributed by atoms with Gasteiger partial charge >= 0.3 is 0 Å². The maximum Gasteiger partial charge on any atom is 0.0426 e. The van der Waals surface area contributed by atoms with Crippen molar-refractivity contribution in [2.45, 2.75) is 19.3 Å². The SMILES string of the molecule is CNCCC1CCN(c2cccc(Cl)c2)CC1. The standard InChI is InChI=1S/C14H21ClN2/c1-16-8-5-12-6-9-17(10-7-12)14-4-2-3-13(15)11-14/h2-4,11-12,16H,5-10H2,1H3. The van der Waals surface area contributed by atoms with E-state index in [1.807, 2.05) is 19.2 Å².